The van der Waals surface area contributed by atoms with Crippen LogP contribution in [-0.2, 0) is 21.3 Å². The zero-order chi connectivity index (χ0) is 17.3. The normalized spacial score (nSPS) is 21.0. The van der Waals surface area contributed by atoms with Gasteiger partial charge in [-0.15, -0.1) is 0 Å². The lowest BCUT2D eigenvalue weighted by Gasteiger charge is -2.36. The van der Waals surface area contributed by atoms with Gasteiger partial charge in [0, 0.05) is 10.9 Å². The van der Waals surface area contributed by atoms with Crippen LogP contribution < -0.4 is 0 Å². The first kappa shape index (κ1) is 18.0. The largest absolute Gasteiger partial charge is 0.469 e. The van der Waals surface area contributed by atoms with Crippen LogP contribution in [0.3, 0.4) is 0 Å². The molecule has 1 aromatic carbocycles. The molecular formula is C16H16BrF3O3. The molecule has 0 bridgehead atoms. The topological polar surface area (TPSA) is 43.4 Å². The van der Waals surface area contributed by atoms with Crippen molar-refractivity contribution >= 4 is 27.7 Å². The third-order valence-corrected chi connectivity index (χ3v) is 4.82. The second-order valence-corrected chi connectivity index (χ2v) is 6.34. The van der Waals surface area contributed by atoms with Crippen molar-refractivity contribution < 1.29 is 27.5 Å². The fraction of sp³-hybridized carbons (Fsp3) is 0.500. The minimum atomic E-state index is -4.53. The Kier molecular flexibility index (Phi) is 5.18. The van der Waals surface area contributed by atoms with Crippen molar-refractivity contribution in [3.63, 3.8) is 0 Å². The number of ether oxygens (including phenoxy) is 1. The summed E-state index contributed by atoms with van der Waals surface area (Å²) in [6.45, 7) is 0. The Morgan fingerprint density at radius 1 is 1.39 bits per heavy atom. The van der Waals surface area contributed by atoms with Gasteiger partial charge in [-0.05, 0) is 24.0 Å². The average Bonchev–Trinajstić information content (AvgIpc) is 2.49. The zero-order valence-electron chi connectivity index (χ0n) is 12.5. The molecule has 0 aliphatic heterocycles. The molecule has 1 aliphatic carbocycles. The predicted molar refractivity (Wildman–Crippen MR) is 81.5 cm³/mol. The molecule has 0 amide bonds. The Morgan fingerprint density at radius 3 is 2.65 bits per heavy atom. The van der Waals surface area contributed by atoms with Gasteiger partial charge in [-0.2, -0.15) is 13.2 Å². The van der Waals surface area contributed by atoms with E-state index in [0.717, 1.165) is 18.2 Å². The summed E-state index contributed by atoms with van der Waals surface area (Å²) < 4.78 is 43.5. The van der Waals surface area contributed by atoms with E-state index in [4.69, 9.17) is 0 Å². The van der Waals surface area contributed by atoms with E-state index in [1.807, 2.05) is 6.07 Å². The summed E-state index contributed by atoms with van der Waals surface area (Å²) in [4.78, 5) is 24.3. The highest BCUT2D eigenvalue weighted by molar-refractivity contribution is 9.08. The molecule has 3 nitrogen and oxygen atoms in total. The minimum Gasteiger partial charge on any atom is -0.469 e. The van der Waals surface area contributed by atoms with Gasteiger partial charge in [-0.1, -0.05) is 34.1 Å². The number of ketones is 1. The van der Waals surface area contributed by atoms with Crippen LogP contribution in [0.4, 0.5) is 13.2 Å². The van der Waals surface area contributed by atoms with Crippen LogP contribution in [0.15, 0.2) is 18.2 Å². The molecule has 7 heteroatoms. The zero-order valence-corrected chi connectivity index (χ0v) is 14.1. The standard InChI is InChI=1S/C16H16BrF3O3/c1-23-13(21)7-15(9-16(18,19)20)5-4-11-6-10(8-17)2-3-12(11)14(15)22/h2-3,6H,4-5,7-9H2,1H3. The molecule has 0 saturated carbocycles. The highest BCUT2D eigenvalue weighted by atomic mass is 79.9. The molecule has 1 aromatic rings. The third kappa shape index (κ3) is 3.94. The summed E-state index contributed by atoms with van der Waals surface area (Å²) in [7, 11) is 1.10. The lowest BCUT2D eigenvalue weighted by atomic mass is 9.66. The second-order valence-electron chi connectivity index (χ2n) is 5.78. The number of alkyl halides is 4. The Morgan fingerprint density at radius 2 is 2.09 bits per heavy atom. The van der Waals surface area contributed by atoms with Crippen molar-refractivity contribution in [1.82, 2.24) is 0 Å². The molecule has 2 rings (SSSR count). The average molecular weight is 393 g/mol. The molecule has 23 heavy (non-hydrogen) atoms. The molecule has 0 N–H and O–H groups in total. The van der Waals surface area contributed by atoms with E-state index in [-0.39, 0.29) is 12.0 Å². The molecule has 0 saturated heterocycles. The number of hydrogen-bond donors (Lipinski definition) is 0. The molecule has 0 radical (unpaired) electrons. The van der Waals surface area contributed by atoms with Gasteiger partial charge < -0.3 is 4.74 Å². The summed E-state index contributed by atoms with van der Waals surface area (Å²) in [5.74, 6) is -1.43. The lowest BCUT2D eigenvalue weighted by Crippen LogP contribution is -2.41. The minimum absolute atomic E-state index is 0.0147. The van der Waals surface area contributed by atoms with Gasteiger partial charge in [0.15, 0.2) is 5.78 Å². The van der Waals surface area contributed by atoms with E-state index in [1.54, 1.807) is 12.1 Å². The Labute approximate surface area is 140 Å². The van der Waals surface area contributed by atoms with Gasteiger partial charge >= 0.3 is 12.1 Å². The van der Waals surface area contributed by atoms with Crippen molar-refractivity contribution in [1.29, 1.82) is 0 Å². The summed E-state index contributed by atoms with van der Waals surface area (Å²) in [5.41, 5.74) is 0.186. The van der Waals surface area contributed by atoms with Crippen LogP contribution in [0.2, 0.25) is 0 Å². The SMILES string of the molecule is COC(=O)CC1(CC(F)(F)F)CCc2cc(CBr)ccc2C1=O. The maximum Gasteiger partial charge on any atom is 0.390 e. The Balaban J connectivity index is 2.43. The van der Waals surface area contributed by atoms with Gasteiger partial charge in [0.05, 0.1) is 25.4 Å². The Hall–Kier alpha value is -1.37. The van der Waals surface area contributed by atoms with Crippen LogP contribution in [-0.4, -0.2) is 25.0 Å². The summed E-state index contributed by atoms with van der Waals surface area (Å²) in [5, 5.41) is 0.602. The molecule has 0 heterocycles. The fourth-order valence-electron chi connectivity index (χ4n) is 3.06. The van der Waals surface area contributed by atoms with Gasteiger partial charge in [-0.3, -0.25) is 9.59 Å². The van der Waals surface area contributed by atoms with Gasteiger partial charge in [0.2, 0.25) is 0 Å². The third-order valence-electron chi connectivity index (χ3n) is 4.17. The number of benzene rings is 1. The fourth-order valence-corrected chi connectivity index (χ4v) is 3.41. The molecule has 1 unspecified atom stereocenters. The van der Waals surface area contributed by atoms with E-state index >= 15 is 0 Å². The number of hydrogen-bond acceptors (Lipinski definition) is 3. The van der Waals surface area contributed by atoms with Crippen LogP contribution >= 0.6 is 15.9 Å². The first-order valence-electron chi connectivity index (χ1n) is 7.07. The van der Waals surface area contributed by atoms with Crippen molar-refractivity contribution in [3.8, 4) is 0 Å². The highest BCUT2D eigenvalue weighted by Crippen LogP contribution is 2.46. The number of carbonyl (C=O) groups excluding carboxylic acids is 2. The highest BCUT2D eigenvalue weighted by Gasteiger charge is 2.51. The van der Waals surface area contributed by atoms with E-state index in [9.17, 15) is 22.8 Å². The summed E-state index contributed by atoms with van der Waals surface area (Å²) in [6.07, 6.45) is -6.08. The van der Waals surface area contributed by atoms with Gasteiger partial charge in [0.1, 0.15) is 0 Å². The number of Topliss-reactive ketones (excluding diaryl/α,β-unsaturated/α-hetero) is 1. The second kappa shape index (κ2) is 6.63. The maximum atomic E-state index is 13.0. The van der Waals surface area contributed by atoms with Crippen molar-refractivity contribution in [2.75, 3.05) is 7.11 Å². The van der Waals surface area contributed by atoms with Crippen LogP contribution in [0.5, 0.6) is 0 Å². The molecule has 1 aliphatic rings. The van der Waals surface area contributed by atoms with E-state index in [0.29, 0.717) is 11.8 Å². The number of carbonyl (C=O) groups is 2. The molecule has 0 fully saturated rings. The number of esters is 1. The predicted octanol–water partition coefficient (Wildman–Crippen LogP) is 4.21. The first-order chi connectivity index (χ1) is 10.7. The smallest absolute Gasteiger partial charge is 0.390 e. The Bertz CT molecular complexity index is 627. The number of methoxy groups -OCH3 is 1. The van der Waals surface area contributed by atoms with E-state index in [2.05, 4.69) is 20.7 Å². The molecular weight excluding hydrogens is 377 g/mol. The number of aryl methyl sites for hydroxylation is 1. The number of fused-ring (bicyclic) bond motifs is 1. The maximum absolute atomic E-state index is 13.0. The van der Waals surface area contributed by atoms with Crippen LogP contribution in [0.1, 0.15) is 40.7 Å². The molecule has 1 atom stereocenters. The van der Waals surface area contributed by atoms with Crippen LogP contribution in [0, 0.1) is 5.41 Å². The van der Waals surface area contributed by atoms with Crippen molar-refractivity contribution in [2.45, 2.75) is 37.2 Å². The van der Waals surface area contributed by atoms with Gasteiger partial charge in [0.25, 0.3) is 0 Å². The lowest BCUT2D eigenvalue weighted by molar-refractivity contribution is -0.161. The summed E-state index contributed by atoms with van der Waals surface area (Å²) >= 11 is 3.31. The van der Waals surface area contributed by atoms with Crippen molar-refractivity contribution in [2.24, 2.45) is 5.41 Å². The van der Waals surface area contributed by atoms with E-state index < -0.39 is 36.2 Å². The van der Waals surface area contributed by atoms with Gasteiger partial charge in [-0.25, -0.2) is 0 Å². The van der Waals surface area contributed by atoms with E-state index in [1.165, 1.54) is 0 Å². The monoisotopic (exact) mass is 392 g/mol. The molecule has 0 aromatic heterocycles. The molecule has 126 valence electrons. The first-order valence-corrected chi connectivity index (χ1v) is 8.19. The number of rotatable bonds is 4. The number of halogens is 4. The van der Waals surface area contributed by atoms with Crippen LogP contribution in [0.25, 0.3) is 0 Å². The molecule has 0 spiro atoms. The quantitative estimate of drug-likeness (QED) is 0.569. The summed E-state index contributed by atoms with van der Waals surface area (Å²) in [6, 6.07) is 5.07. The van der Waals surface area contributed by atoms with Crippen molar-refractivity contribution in [3.05, 3.63) is 34.9 Å².